The first kappa shape index (κ1) is 22.7. The maximum Gasteiger partial charge on any atom is 0.404 e. The van der Waals surface area contributed by atoms with Crippen LogP contribution in [-0.2, 0) is 10.0 Å². The second-order valence-electron chi connectivity index (χ2n) is 8.83. The van der Waals surface area contributed by atoms with Crippen LogP contribution in [-0.4, -0.2) is 40.2 Å². The van der Waals surface area contributed by atoms with Gasteiger partial charge in [0.1, 0.15) is 28.3 Å². The van der Waals surface area contributed by atoms with Crippen LogP contribution in [0.1, 0.15) is 62.1 Å². The fourth-order valence-electron chi connectivity index (χ4n) is 4.12. The maximum atomic E-state index is 12.8. The van der Waals surface area contributed by atoms with Gasteiger partial charge in [0, 0.05) is 17.6 Å². The maximum absolute atomic E-state index is 12.8. The largest absolute Gasteiger partial charge is 0.404 e. The van der Waals surface area contributed by atoms with Gasteiger partial charge in [0.2, 0.25) is 10.0 Å². The van der Waals surface area contributed by atoms with E-state index >= 15 is 0 Å². The highest BCUT2D eigenvalue weighted by Gasteiger charge is 2.39. The van der Waals surface area contributed by atoms with E-state index in [-0.39, 0.29) is 11.9 Å². The molecular formula is C22H21F3N6O2S. The summed E-state index contributed by atoms with van der Waals surface area (Å²) in [4.78, 5) is 12.5. The van der Waals surface area contributed by atoms with E-state index in [2.05, 4.69) is 21.0 Å². The van der Waals surface area contributed by atoms with Crippen molar-refractivity contribution in [3.05, 3.63) is 35.8 Å². The average Bonchev–Trinajstić information content (AvgIpc) is 3.55. The summed E-state index contributed by atoms with van der Waals surface area (Å²) in [6.07, 6.45) is 4.04. The molecule has 0 bridgehead atoms. The third kappa shape index (κ3) is 3.92. The fraction of sp³-hybridized carbons (Fsp3) is 0.455. The van der Waals surface area contributed by atoms with E-state index in [0.29, 0.717) is 35.1 Å². The molecule has 178 valence electrons. The zero-order valence-corrected chi connectivity index (χ0v) is 19.0. The fourth-order valence-corrected chi connectivity index (χ4v) is 5.24. The van der Waals surface area contributed by atoms with Crippen LogP contribution in [0.15, 0.2) is 29.6 Å². The van der Waals surface area contributed by atoms with E-state index in [1.54, 1.807) is 4.72 Å². The monoisotopic (exact) mass is 490 g/mol. The number of nitrogens with one attached hydrogen (secondary N) is 1. The average molecular weight is 491 g/mol. The van der Waals surface area contributed by atoms with Crippen molar-refractivity contribution in [2.45, 2.75) is 68.1 Å². The number of alkyl halides is 3. The van der Waals surface area contributed by atoms with Gasteiger partial charge in [0.15, 0.2) is 5.82 Å². The van der Waals surface area contributed by atoms with Crippen LogP contribution < -0.4 is 4.72 Å². The number of halogens is 3. The molecule has 0 aliphatic heterocycles. The van der Waals surface area contributed by atoms with Gasteiger partial charge in [-0.15, -0.1) is 0 Å². The first-order valence-electron chi connectivity index (χ1n) is 11.0. The summed E-state index contributed by atoms with van der Waals surface area (Å²) in [5.74, 6) is 0.573. The third-order valence-electron chi connectivity index (χ3n) is 6.44. The Labute approximate surface area is 193 Å². The van der Waals surface area contributed by atoms with Crippen LogP contribution in [0.25, 0.3) is 22.6 Å². The number of nitriles is 1. The predicted molar refractivity (Wildman–Crippen MR) is 116 cm³/mol. The quantitative estimate of drug-likeness (QED) is 0.554. The summed E-state index contributed by atoms with van der Waals surface area (Å²) < 4.78 is 66.7. The van der Waals surface area contributed by atoms with Crippen LogP contribution in [0.3, 0.4) is 0 Å². The minimum Gasteiger partial charge on any atom is -0.318 e. The van der Waals surface area contributed by atoms with Gasteiger partial charge in [-0.05, 0) is 56.6 Å². The Morgan fingerprint density at radius 2 is 1.82 bits per heavy atom. The Morgan fingerprint density at radius 3 is 2.35 bits per heavy atom. The molecule has 1 atom stereocenters. The topological polar surface area (TPSA) is 114 Å². The van der Waals surface area contributed by atoms with Crippen LogP contribution in [0.2, 0.25) is 0 Å². The number of hydrogen-bond donors (Lipinski definition) is 1. The Hall–Kier alpha value is -3.04. The van der Waals surface area contributed by atoms with Gasteiger partial charge < -0.3 is 4.57 Å². The van der Waals surface area contributed by atoms with Crippen molar-refractivity contribution in [1.29, 1.82) is 5.26 Å². The summed E-state index contributed by atoms with van der Waals surface area (Å²) in [6, 6.07) is 2.07. The number of pyridine rings is 1. The molecule has 0 saturated heterocycles. The molecule has 2 aliphatic rings. The molecule has 0 unspecified atom stereocenters. The lowest BCUT2D eigenvalue weighted by molar-refractivity contribution is -0.147. The molecule has 3 aromatic rings. The molecule has 0 aromatic carbocycles. The molecule has 1 N–H and O–H groups in total. The molecule has 0 radical (unpaired) electrons. The van der Waals surface area contributed by atoms with E-state index in [4.69, 9.17) is 0 Å². The smallest absolute Gasteiger partial charge is 0.318 e. The summed E-state index contributed by atoms with van der Waals surface area (Å²) in [7, 11) is -4.49. The van der Waals surface area contributed by atoms with E-state index in [9.17, 15) is 26.9 Å². The number of nitrogens with zero attached hydrogens (tertiary/aromatic N) is 5. The number of hydrogen-bond acceptors (Lipinski definition) is 6. The highest BCUT2D eigenvalue weighted by molar-refractivity contribution is 7.89. The molecule has 3 heterocycles. The minimum atomic E-state index is -4.73. The predicted octanol–water partition coefficient (Wildman–Crippen LogP) is 4.20. The third-order valence-corrected chi connectivity index (χ3v) is 7.93. The van der Waals surface area contributed by atoms with E-state index in [1.165, 1.54) is 0 Å². The highest BCUT2D eigenvalue weighted by atomic mass is 32.2. The molecule has 2 saturated carbocycles. The van der Waals surface area contributed by atoms with Crippen molar-refractivity contribution in [1.82, 2.24) is 24.2 Å². The lowest BCUT2D eigenvalue weighted by Gasteiger charge is -2.29. The van der Waals surface area contributed by atoms with E-state index < -0.39 is 27.1 Å². The van der Waals surface area contributed by atoms with Gasteiger partial charge in [-0.2, -0.15) is 23.2 Å². The van der Waals surface area contributed by atoms with Crippen molar-refractivity contribution in [2.75, 3.05) is 0 Å². The van der Waals surface area contributed by atoms with Crippen LogP contribution in [0.4, 0.5) is 13.2 Å². The van der Waals surface area contributed by atoms with Crippen molar-refractivity contribution < 1.29 is 21.6 Å². The van der Waals surface area contributed by atoms with Gasteiger partial charge >= 0.3 is 6.18 Å². The number of aromatic nitrogens is 4. The first-order valence-corrected chi connectivity index (χ1v) is 12.4. The summed E-state index contributed by atoms with van der Waals surface area (Å²) in [5, 5.41) is 10.7. The lowest BCUT2D eigenvalue weighted by Crippen LogP contribution is -2.43. The first-order chi connectivity index (χ1) is 16.1. The Bertz CT molecular complexity index is 1400. The number of sulfonamides is 1. The Morgan fingerprint density at radius 1 is 1.15 bits per heavy atom. The Kier molecular flexibility index (Phi) is 5.37. The molecule has 5 rings (SSSR count). The molecule has 3 aromatic heterocycles. The number of rotatable bonds is 6. The van der Waals surface area contributed by atoms with Crippen molar-refractivity contribution in [2.24, 2.45) is 0 Å². The Balaban J connectivity index is 1.58. The molecule has 8 nitrogen and oxygen atoms in total. The second kappa shape index (κ2) is 8.02. The van der Waals surface area contributed by atoms with Crippen LogP contribution in [0, 0.1) is 11.3 Å². The molecule has 12 heteroatoms. The SMILES string of the molecule is C[C@@H](NS(=O)(=O)c1cnc(-c2c(C#N)c3cc(C4CC4)cnc3n2C2CCC2)nc1)C(F)(F)F. The van der Waals surface area contributed by atoms with Gasteiger partial charge in [0.05, 0.1) is 18.0 Å². The van der Waals surface area contributed by atoms with E-state index in [0.717, 1.165) is 50.1 Å². The van der Waals surface area contributed by atoms with Crippen LogP contribution in [0.5, 0.6) is 0 Å². The highest BCUT2D eigenvalue weighted by Crippen LogP contribution is 2.44. The summed E-state index contributed by atoms with van der Waals surface area (Å²) in [5.41, 5.74) is 2.54. The van der Waals surface area contributed by atoms with E-state index in [1.807, 2.05) is 16.8 Å². The zero-order chi connectivity index (χ0) is 24.3. The normalized spacial score (nSPS) is 18.0. The molecule has 0 spiro atoms. The summed E-state index contributed by atoms with van der Waals surface area (Å²) >= 11 is 0. The van der Waals surface area contributed by atoms with Crippen LogP contribution >= 0.6 is 0 Å². The lowest BCUT2D eigenvalue weighted by atomic mass is 9.92. The molecule has 2 aliphatic carbocycles. The zero-order valence-electron chi connectivity index (χ0n) is 18.2. The number of fused-ring (bicyclic) bond motifs is 1. The van der Waals surface area contributed by atoms with Gasteiger partial charge in [-0.25, -0.2) is 23.4 Å². The minimum absolute atomic E-state index is 0.111. The van der Waals surface area contributed by atoms with Crippen molar-refractivity contribution >= 4 is 21.1 Å². The van der Waals surface area contributed by atoms with Gasteiger partial charge in [0.25, 0.3) is 0 Å². The van der Waals surface area contributed by atoms with Crippen molar-refractivity contribution in [3.8, 4) is 17.6 Å². The molecule has 34 heavy (non-hydrogen) atoms. The van der Waals surface area contributed by atoms with Gasteiger partial charge in [-0.3, -0.25) is 0 Å². The second-order valence-corrected chi connectivity index (χ2v) is 10.5. The standard InChI is InChI=1S/C22H21F3N6O2S/c1-12(22(23,24)25)30-34(32,33)16-10-27-20(28-11-16)19-18(8-26)17-7-14(13-5-6-13)9-29-21(17)31(19)15-3-2-4-15/h7,9-13,15,30H,2-6H2,1H3/t12-/m1/s1. The molecule has 0 amide bonds. The molecule has 2 fully saturated rings. The molecular weight excluding hydrogens is 469 g/mol. The van der Waals surface area contributed by atoms with Crippen molar-refractivity contribution in [3.63, 3.8) is 0 Å². The van der Waals surface area contributed by atoms with Gasteiger partial charge in [-0.1, -0.05) is 0 Å². The summed E-state index contributed by atoms with van der Waals surface area (Å²) in [6.45, 7) is 0.714.